The lowest BCUT2D eigenvalue weighted by Crippen LogP contribution is -2.14. The van der Waals surface area contributed by atoms with Gasteiger partial charge in [-0.15, -0.1) is 10.2 Å². The third-order valence-electron chi connectivity index (χ3n) is 3.83. The molecular weight excluding hydrogens is 252 g/mol. The van der Waals surface area contributed by atoms with Gasteiger partial charge in [0.1, 0.15) is 18.2 Å². The van der Waals surface area contributed by atoms with Gasteiger partial charge in [-0.25, -0.2) is 0 Å². The maximum Gasteiger partial charge on any atom is 0.171 e. The van der Waals surface area contributed by atoms with Crippen LogP contribution in [0.2, 0.25) is 0 Å². The van der Waals surface area contributed by atoms with Gasteiger partial charge in [-0.3, -0.25) is 0 Å². The fraction of sp³-hybridized carbons (Fsp3) is 0.333. The molecule has 0 amide bonds. The van der Waals surface area contributed by atoms with Crippen molar-refractivity contribution in [1.82, 2.24) is 19.7 Å². The summed E-state index contributed by atoms with van der Waals surface area (Å²) in [6, 6.07) is 8.09. The standard InChI is InChI=1S/C15H16N4O/c1-2-8-19-14(3-1)17-18-15(19)10-20-12-4-5-13-11(9-12)6-7-16-13/h4-7,9,16H,1-3,8,10H2. The van der Waals surface area contributed by atoms with Crippen molar-refractivity contribution in [1.29, 1.82) is 0 Å². The number of hydrogen-bond acceptors (Lipinski definition) is 3. The van der Waals surface area contributed by atoms with E-state index < -0.39 is 0 Å². The highest BCUT2D eigenvalue weighted by molar-refractivity contribution is 5.80. The SMILES string of the molecule is c1cc2cc(OCc3nnc4n3CCCC4)ccc2[nH]1. The zero-order valence-electron chi connectivity index (χ0n) is 11.2. The minimum absolute atomic E-state index is 0.475. The second-order valence-electron chi connectivity index (χ2n) is 5.16. The molecule has 20 heavy (non-hydrogen) atoms. The molecule has 4 rings (SSSR count). The number of ether oxygens (including phenoxy) is 1. The van der Waals surface area contributed by atoms with Crippen LogP contribution in [0.4, 0.5) is 0 Å². The van der Waals surface area contributed by atoms with E-state index in [1.165, 1.54) is 12.8 Å². The van der Waals surface area contributed by atoms with E-state index in [0.717, 1.165) is 41.3 Å². The van der Waals surface area contributed by atoms with Crippen LogP contribution in [0.3, 0.4) is 0 Å². The lowest BCUT2D eigenvalue weighted by Gasteiger charge is -2.14. The number of benzene rings is 1. The zero-order valence-corrected chi connectivity index (χ0v) is 11.2. The molecule has 102 valence electrons. The minimum atomic E-state index is 0.475. The molecule has 0 saturated carbocycles. The third kappa shape index (κ3) is 1.95. The molecule has 2 aromatic heterocycles. The number of nitrogens with zero attached hydrogens (tertiary/aromatic N) is 3. The van der Waals surface area contributed by atoms with Crippen molar-refractivity contribution >= 4 is 10.9 Å². The third-order valence-corrected chi connectivity index (χ3v) is 3.83. The van der Waals surface area contributed by atoms with Crippen LogP contribution in [-0.4, -0.2) is 19.7 Å². The number of aryl methyl sites for hydroxylation is 1. The zero-order chi connectivity index (χ0) is 13.4. The molecular formula is C15H16N4O. The van der Waals surface area contributed by atoms with Gasteiger partial charge in [0, 0.05) is 30.1 Å². The van der Waals surface area contributed by atoms with Crippen molar-refractivity contribution in [3.05, 3.63) is 42.1 Å². The summed E-state index contributed by atoms with van der Waals surface area (Å²) in [5.74, 6) is 2.88. The fourth-order valence-corrected chi connectivity index (χ4v) is 2.74. The van der Waals surface area contributed by atoms with Crippen LogP contribution in [0.1, 0.15) is 24.5 Å². The maximum atomic E-state index is 5.86. The summed E-state index contributed by atoms with van der Waals surface area (Å²) in [5, 5.41) is 9.64. The Labute approximate surface area is 116 Å². The van der Waals surface area contributed by atoms with Gasteiger partial charge in [-0.1, -0.05) is 0 Å². The van der Waals surface area contributed by atoms with Gasteiger partial charge in [0.25, 0.3) is 0 Å². The van der Waals surface area contributed by atoms with E-state index >= 15 is 0 Å². The molecule has 3 aromatic rings. The molecule has 0 radical (unpaired) electrons. The average molecular weight is 268 g/mol. The molecule has 5 heteroatoms. The van der Waals surface area contributed by atoms with E-state index in [0.29, 0.717) is 6.61 Å². The van der Waals surface area contributed by atoms with Crippen LogP contribution in [0.25, 0.3) is 10.9 Å². The van der Waals surface area contributed by atoms with Crippen LogP contribution < -0.4 is 4.74 Å². The first-order valence-corrected chi connectivity index (χ1v) is 7.01. The van der Waals surface area contributed by atoms with Crippen LogP contribution >= 0.6 is 0 Å². The van der Waals surface area contributed by atoms with Crippen LogP contribution in [0, 0.1) is 0 Å². The quantitative estimate of drug-likeness (QED) is 0.794. The second-order valence-corrected chi connectivity index (χ2v) is 5.16. The Morgan fingerprint density at radius 3 is 3.20 bits per heavy atom. The summed E-state index contributed by atoms with van der Waals surface area (Å²) in [5.41, 5.74) is 1.12. The molecule has 3 heterocycles. The molecule has 1 aliphatic heterocycles. The number of aromatic amines is 1. The minimum Gasteiger partial charge on any atom is -0.486 e. The summed E-state index contributed by atoms with van der Waals surface area (Å²) >= 11 is 0. The van der Waals surface area contributed by atoms with Gasteiger partial charge < -0.3 is 14.3 Å². The molecule has 0 aliphatic carbocycles. The molecule has 1 N–H and O–H groups in total. The van der Waals surface area contributed by atoms with Gasteiger partial charge in [0.2, 0.25) is 0 Å². The smallest absolute Gasteiger partial charge is 0.171 e. The van der Waals surface area contributed by atoms with Gasteiger partial charge in [-0.2, -0.15) is 0 Å². The summed E-state index contributed by atoms with van der Waals surface area (Å²) in [4.78, 5) is 3.18. The number of rotatable bonds is 3. The molecule has 1 aromatic carbocycles. The molecule has 0 saturated heterocycles. The Bertz CT molecular complexity index is 743. The molecule has 0 unspecified atom stereocenters. The van der Waals surface area contributed by atoms with E-state index in [9.17, 15) is 0 Å². The van der Waals surface area contributed by atoms with Gasteiger partial charge in [0.15, 0.2) is 5.82 Å². The first kappa shape index (κ1) is 11.5. The lowest BCUT2D eigenvalue weighted by atomic mass is 10.2. The Hall–Kier alpha value is -2.30. The van der Waals surface area contributed by atoms with Crippen molar-refractivity contribution in [2.24, 2.45) is 0 Å². The van der Waals surface area contributed by atoms with Crippen molar-refractivity contribution < 1.29 is 4.74 Å². The Morgan fingerprint density at radius 2 is 2.20 bits per heavy atom. The normalized spacial score (nSPS) is 14.4. The number of aromatic nitrogens is 4. The predicted molar refractivity (Wildman–Crippen MR) is 75.6 cm³/mol. The van der Waals surface area contributed by atoms with Crippen molar-refractivity contribution in [2.75, 3.05) is 0 Å². The highest BCUT2D eigenvalue weighted by Crippen LogP contribution is 2.21. The summed E-state index contributed by atoms with van der Waals surface area (Å²) in [6.07, 6.45) is 5.38. The molecule has 1 aliphatic rings. The maximum absolute atomic E-state index is 5.86. The summed E-state index contributed by atoms with van der Waals surface area (Å²) < 4.78 is 8.05. The monoisotopic (exact) mass is 268 g/mol. The highest BCUT2D eigenvalue weighted by atomic mass is 16.5. The predicted octanol–water partition coefficient (Wildman–Crippen LogP) is 2.67. The number of H-pyrrole nitrogens is 1. The van der Waals surface area contributed by atoms with Gasteiger partial charge in [-0.05, 0) is 37.1 Å². The average Bonchev–Trinajstić information content (AvgIpc) is 3.11. The number of nitrogens with one attached hydrogen (secondary N) is 1. The Morgan fingerprint density at radius 1 is 1.20 bits per heavy atom. The van der Waals surface area contributed by atoms with Gasteiger partial charge in [0.05, 0.1) is 0 Å². The molecule has 0 fully saturated rings. The van der Waals surface area contributed by atoms with Crippen LogP contribution in [-0.2, 0) is 19.6 Å². The lowest BCUT2D eigenvalue weighted by molar-refractivity contribution is 0.286. The second kappa shape index (κ2) is 4.67. The molecule has 5 nitrogen and oxygen atoms in total. The summed E-state index contributed by atoms with van der Waals surface area (Å²) in [7, 11) is 0. The largest absolute Gasteiger partial charge is 0.486 e. The topological polar surface area (TPSA) is 55.7 Å². The van der Waals surface area contributed by atoms with E-state index in [4.69, 9.17) is 4.74 Å². The molecule has 0 atom stereocenters. The van der Waals surface area contributed by atoms with E-state index in [2.05, 4.69) is 19.7 Å². The van der Waals surface area contributed by atoms with E-state index in [-0.39, 0.29) is 0 Å². The molecule has 0 spiro atoms. The summed E-state index contributed by atoms with van der Waals surface area (Å²) in [6.45, 7) is 1.49. The Kier molecular flexibility index (Phi) is 2.69. The van der Waals surface area contributed by atoms with Crippen LogP contribution in [0.15, 0.2) is 30.5 Å². The molecule has 0 bridgehead atoms. The van der Waals surface area contributed by atoms with E-state index in [1.807, 2.05) is 30.5 Å². The fourth-order valence-electron chi connectivity index (χ4n) is 2.74. The van der Waals surface area contributed by atoms with Crippen molar-refractivity contribution in [2.45, 2.75) is 32.4 Å². The van der Waals surface area contributed by atoms with Crippen molar-refractivity contribution in [3.8, 4) is 5.75 Å². The first-order valence-electron chi connectivity index (χ1n) is 7.01. The number of hydrogen-bond donors (Lipinski definition) is 1. The van der Waals surface area contributed by atoms with Gasteiger partial charge >= 0.3 is 0 Å². The van der Waals surface area contributed by atoms with Crippen LogP contribution in [0.5, 0.6) is 5.75 Å². The first-order chi connectivity index (χ1) is 9.90. The highest BCUT2D eigenvalue weighted by Gasteiger charge is 2.15. The number of fused-ring (bicyclic) bond motifs is 2. The van der Waals surface area contributed by atoms with E-state index in [1.54, 1.807) is 0 Å². The Balaban J connectivity index is 1.53. The van der Waals surface area contributed by atoms with Crippen molar-refractivity contribution in [3.63, 3.8) is 0 Å².